The van der Waals surface area contributed by atoms with E-state index in [0.29, 0.717) is 19.3 Å². The van der Waals surface area contributed by atoms with Crippen molar-refractivity contribution in [3.8, 4) is 5.75 Å². The van der Waals surface area contributed by atoms with Gasteiger partial charge in [-0.3, -0.25) is 0 Å². The first-order valence-electron chi connectivity index (χ1n) is 8.27. The van der Waals surface area contributed by atoms with E-state index < -0.39 is 0 Å². The summed E-state index contributed by atoms with van der Waals surface area (Å²) in [4.78, 5) is 0. The Bertz CT molecular complexity index is 402. The Morgan fingerprint density at radius 2 is 1.95 bits per heavy atom. The van der Waals surface area contributed by atoms with Crippen molar-refractivity contribution in [2.75, 3.05) is 19.8 Å². The molecule has 0 bridgehead atoms. The topological polar surface area (TPSA) is 30.5 Å². The maximum Gasteiger partial charge on any atom is 0.123 e. The van der Waals surface area contributed by atoms with E-state index in [1.165, 1.54) is 31.2 Å². The van der Waals surface area contributed by atoms with Crippen LogP contribution in [0, 0.1) is 5.92 Å². The number of hydrogen-bond acceptors (Lipinski definition) is 3. The van der Waals surface area contributed by atoms with Gasteiger partial charge in [0.2, 0.25) is 0 Å². The third kappa shape index (κ3) is 6.06. The molecule has 1 fully saturated rings. The molecular formula is C18H29NO2. The lowest BCUT2D eigenvalue weighted by molar-refractivity contribution is 0.0810. The minimum Gasteiger partial charge on any atom is -0.491 e. The summed E-state index contributed by atoms with van der Waals surface area (Å²) in [5.41, 5.74) is 1.21. The molecule has 0 heterocycles. The molecule has 0 unspecified atom stereocenters. The molecule has 118 valence electrons. The molecule has 1 aliphatic rings. The van der Waals surface area contributed by atoms with Crippen LogP contribution in [0.1, 0.15) is 45.1 Å². The van der Waals surface area contributed by atoms with Crippen LogP contribution in [-0.2, 0) is 11.3 Å². The molecular weight excluding hydrogens is 262 g/mol. The van der Waals surface area contributed by atoms with Gasteiger partial charge in [-0.15, -0.1) is 0 Å². The van der Waals surface area contributed by atoms with Crippen molar-refractivity contribution in [1.82, 2.24) is 5.32 Å². The van der Waals surface area contributed by atoms with Crippen LogP contribution in [0.5, 0.6) is 5.75 Å². The standard InChI is InChI=1S/C18H29NO2/c1-15(2)19-14-17-8-3-4-9-18(17)21-13-12-20-11-10-16-6-5-7-16/h3-4,8-9,15-16,19H,5-7,10-14H2,1-2H3. The zero-order valence-corrected chi connectivity index (χ0v) is 13.4. The first kappa shape index (κ1) is 16.3. The van der Waals surface area contributed by atoms with Crippen molar-refractivity contribution in [2.24, 2.45) is 5.92 Å². The second-order valence-corrected chi connectivity index (χ2v) is 6.19. The Labute approximate surface area is 129 Å². The molecule has 0 amide bonds. The van der Waals surface area contributed by atoms with E-state index in [1.54, 1.807) is 0 Å². The predicted molar refractivity (Wildman–Crippen MR) is 86.7 cm³/mol. The molecule has 3 nitrogen and oxygen atoms in total. The van der Waals surface area contributed by atoms with E-state index in [1.807, 2.05) is 12.1 Å². The maximum absolute atomic E-state index is 5.85. The lowest BCUT2D eigenvalue weighted by Crippen LogP contribution is -2.22. The summed E-state index contributed by atoms with van der Waals surface area (Å²) in [5.74, 6) is 1.89. The van der Waals surface area contributed by atoms with Crippen LogP contribution < -0.4 is 10.1 Å². The molecule has 0 atom stereocenters. The van der Waals surface area contributed by atoms with Crippen molar-refractivity contribution >= 4 is 0 Å². The fourth-order valence-corrected chi connectivity index (χ4v) is 2.45. The monoisotopic (exact) mass is 291 g/mol. The summed E-state index contributed by atoms with van der Waals surface area (Å²) >= 11 is 0. The molecule has 1 aliphatic carbocycles. The van der Waals surface area contributed by atoms with Crippen LogP contribution in [0.4, 0.5) is 0 Å². The minimum atomic E-state index is 0.480. The lowest BCUT2D eigenvalue weighted by atomic mass is 9.83. The van der Waals surface area contributed by atoms with Gasteiger partial charge < -0.3 is 14.8 Å². The first-order valence-corrected chi connectivity index (χ1v) is 8.27. The number of hydrogen-bond donors (Lipinski definition) is 1. The van der Waals surface area contributed by atoms with E-state index in [9.17, 15) is 0 Å². The highest BCUT2D eigenvalue weighted by atomic mass is 16.5. The molecule has 0 saturated heterocycles. The molecule has 1 saturated carbocycles. The largest absolute Gasteiger partial charge is 0.491 e. The van der Waals surface area contributed by atoms with E-state index >= 15 is 0 Å². The smallest absolute Gasteiger partial charge is 0.123 e. The molecule has 1 aromatic rings. The molecule has 3 heteroatoms. The van der Waals surface area contributed by atoms with Crippen molar-refractivity contribution in [1.29, 1.82) is 0 Å². The van der Waals surface area contributed by atoms with E-state index in [4.69, 9.17) is 9.47 Å². The molecule has 1 aromatic carbocycles. The Hall–Kier alpha value is -1.06. The minimum absolute atomic E-state index is 0.480. The van der Waals surface area contributed by atoms with E-state index in [0.717, 1.165) is 24.8 Å². The summed E-state index contributed by atoms with van der Waals surface area (Å²) in [6, 6.07) is 8.70. The molecule has 0 radical (unpaired) electrons. The normalized spacial score (nSPS) is 15.2. The number of benzene rings is 1. The summed E-state index contributed by atoms with van der Waals surface area (Å²) in [7, 11) is 0. The number of para-hydroxylation sites is 1. The van der Waals surface area contributed by atoms with Gasteiger partial charge in [0.25, 0.3) is 0 Å². The number of rotatable bonds is 10. The molecule has 21 heavy (non-hydrogen) atoms. The van der Waals surface area contributed by atoms with Crippen LogP contribution >= 0.6 is 0 Å². The van der Waals surface area contributed by atoms with Crippen LogP contribution in [-0.4, -0.2) is 25.9 Å². The van der Waals surface area contributed by atoms with Crippen molar-refractivity contribution < 1.29 is 9.47 Å². The van der Waals surface area contributed by atoms with Gasteiger partial charge in [0, 0.05) is 24.8 Å². The van der Waals surface area contributed by atoms with Gasteiger partial charge in [0.1, 0.15) is 12.4 Å². The van der Waals surface area contributed by atoms with Crippen LogP contribution in [0.2, 0.25) is 0 Å². The Kier molecular flexibility index (Phi) is 7.04. The fourth-order valence-electron chi connectivity index (χ4n) is 2.45. The van der Waals surface area contributed by atoms with Gasteiger partial charge in [-0.05, 0) is 18.4 Å². The summed E-state index contributed by atoms with van der Waals surface area (Å²) in [6.45, 7) is 7.34. The molecule has 0 aliphatic heterocycles. The predicted octanol–water partition coefficient (Wildman–Crippen LogP) is 3.77. The zero-order valence-electron chi connectivity index (χ0n) is 13.4. The van der Waals surface area contributed by atoms with Crippen LogP contribution in [0.25, 0.3) is 0 Å². The van der Waals surface area contributed by atoms with Gasteiger partial charge in [0.15, 0.2) is 0 Å². The SMILES string of the molecule is CC(C)NCc1ccccc1OCCOCCC1CCC1. The fraction of sp³-hybridized carbons (Fsp3) is 0.667. The Morgan fingerprint density at radius 1 is 1.14 bits per heavy atom. The highest BCUT2D eigenvalue weighted by molar-refractivity contribution is 5.33. The second-order valence-electron chi connectivity index (χ2n) is 6.19. The molecule has 0 spiro atoms. The zero-order chi connectivity index (χ0) is 14.9. The third-order valence-electron chi connectivity index (χ3n) is 4.05. The molecule has 1 N–H and O–H groups in total. The highest BCUT2D eigenvalue weighted by Gasteiger charge is 2.16. The van der Waals surface area contributed by atoms with Crippen molar-refractivity contribution in [3.05, 3.63) is 29.8 Å². The number of nitrogens with one attached hydrogen (secondary N) is 1. The van der Waals surface area contributed by atoms with Crippen LogP contribution in [0.3, 0.4) is 0 Å². The molecule has 2 rings (SSSR count). The van der Waals surface area contributed by atoms with Gasteiger partial charge in [-0.2, -0.15) is 0 Å². The summed E-state index contributed by atoms with van der Waals surface area (Å²) in [5, 5.41) is 3.43. The van der Waals surface area contributed by atoms with E-state index in [-0.39, 0.29) is 0 Å². The Morgan fingerprint density at radius 3 is 2.67 bits per heavy atom. The lowest BCUT2D eigenvalue weighted by Gasteiger charge is -2.24. The van der Waals surface area contributed by atoms with Gasteiger partial charge in [0.05, 0.1) is 6.61 Å². The third-order valence-corrected chi connectivity index (χ3v) is 4.05. The van der Waals surface area contributed by atoms with Crippen molar-refractivity contribution in [2.45, 2.75) is 52.1 Å². The quantitative estimate of drug-likeness (QED) is 0.666. The highest BCUT2D eigenvalue weighted by Crippen LogP contribution is 2.29. The first-order chi connectivity index (χ1) is 10.3. The van der Waals surface area contributed by atoms with Crippen molar-refractivity contribution in [3.63, 3.8) is 0 Å². The molecule has 0 aromatic heterocycles. The van der Waals surface area contributed by atoms with Gasteiger partial charge in [-0.25, -0.2) is 0 Å². The average molecular weight is 291 g/mol. The van der Waals surface area contributed by atoms with Crippen LogP contribution in [0.15, 0.2) is 24.3 Å². The summed E-state index contributed by atoms with van der Waals surface area (Å²) < 4.78 is 11.5. The second kappa shape index (κ2) is 9.06. The van der Waals surface area contributed by atoms with E-state index in [2.05, 4.69) is 31.3 Å². The summed E-state index contributed by atoms with van der Waals surface area (Å²) in [6.07, 6.45) is 5.43. The van der Waals surface area contributed by atoms with Gasteiger partial charge >= 0.3 is 0 Å². The Balaban J connectivity index is 1.62. The number of ether oxygens (including phenoxy) is 2. The van der Waals surface area contributed by atoms with Gasteiger partial charge in [-0.1, -0.05) is 51.3 Å². The maximum atomic E-state index is 5.85. The average Bonchev–Trinajstić information content (AvgIpc) is 2.43.